The number of halogens is 2. The number of nitrogens with zero attached hydrogens (tertiary/aromatic N) is 1. The Morgan fingerprint density at radius 3 is 2.39 bits per heavy atom. The van der Waals surface area contributed by atoms with E-state index in [0.29, 0.717) is 0 Å². The molecule has 0 aliphatic carbocycles. The van der Waals surface area contributed by atoms with Gasteiger partial charge in [0.1, 0.15) is 17.4 Å². The zero-order valence-electron chi connectivity index (χ0n) is 14.5. The van der Waals surface area contributed by atoms with E-state index in [1.807, 2.05) is 0 Å². The first-order valence-electron chi connectivity index (χ1n) is 7.90. The summed E-state index contributed by atoms with van der Waals surface area (Å²) in [5.41, 5.74) is -0.353. The minimum absolute atomic E-state index is 0.0701. The van der Waals surface area contributed by atoms with Crippen molar-refractivity contribution in [1.82, 2.24) is 5.32 Å². The Balaban J connectivity index is 1.92. The summed E-state index contributed by atoms with van der Waals surface area (Å²) in [6.45, 7) is 0.782. The van der Waals surface area contributed by atoms with Gasteiger partial charge in [0.25, 0.3) is 11.6 Å². The van der Waals surface area contributed by atoms with Crippen molar-refractivity contribution in [2.45, 2.75) is 13.0 Å². The molecule has 8 nitrogen and oxygen atoms in total. The molecule has 0 heterocycles. The molecule has 10 heteroatoms. The van der Waals surface area contributed by atoms with Crippen molar-refractivity contribution in [3.05, 3.63) is 74.5 Å². The number of ketones is 1. The molecule has 1 atom stereocenters. The summed E-state index contributed by atoms with van der Waals surface area (Å²) >= 11 is 5.67. The summed E-state index contributed by atoms with van der Waals surface area (Å²) < 4.78 is 17.8. The molecule has 0 aliphatic rings. The molecule has 0 fully saturated rings. The van der Waals surface area contributed by atoms with Gasteiger partial charge in [0.2, 0.25) is 5.78 Å². The Labute approximate surface area is 163 Å². The first-order valence-corrected chi connectivity index (χ1v) is 8.28. The highest BCUT2D eigenvalue weighted by Crippen LogP contribution is 2.24. The predicted molar refractivity (Wildman–Crippen MR) is 96.7 cm³/mol. The molecule has 28 heavy (non-hydrogen) atoms. The first-order chi connectivity index (χ1) is 13.2. The molecule has 2 rings (SSSR count). The van der Waals surface area contributed by atoms with E-state index in [9.17, 15) is 28.9 Å². The third kappa shape index (κ3) is 5.34. The van der Waals surface area contributed by atoms with Gasteiger partial charge in [-0.3, -0.25) is 24.5 Å². The summed E-state index contributed by atoms with van der Waals surface area (Å²) in [4.78, 5) is 46.1. The molecule has 1 amide bonds. The number of amides is 1. The Kier molecular flexibility index (Phi) is 6.78. The molecule has 2 aromatic carbocycles. The largest absolute Gasteiger partial charge is 0.453 e. The molecular weight excluding hydrogens is 395 g/mol. The van der Waals surface area contributed by atoms with E-state index in [2.05, 4.69) is 5.32 Å². The average molecular weight is 409 g/mol. The molecule has 0 bridgehead atoms. The maximum Gasteiger partial charge on any atom is 0.326 e. The highest BCUT2D eigenvalue weighted by atomic mass is 35.5. The number of rotatable bonds is 7. The highest BCUT2D eigenvalue weighted by Gasteiger charge is 2.21. The van der Waals surface area contributed by atoms with Gasteiger partial charge in [-0.25, -0.2) is 4.39 Å². The third-order valence-electron chi connectivity index (χ3n) is 3.60. The van der Waals surface area contributed by atoms with Crippen LogP contribution < -0.4 is 5.32 Å². The first kappa shape index (κ1) is 21.0. The number of nitrogens with one attached hydrogen (secondary N) is 1. The van der Waals surface area contributed by atoms with Crippen LogP contribution in [0.3, 0.4) is 0 Å². The van der Waals surface area contributed by atoms with Gasteiger partial charge in [-0.2, -0.15) is 0 Å². The number of carbonyl (C=O) groups is 3. The Hall–Kier alpha value is -3.33. The van der Waals surface area contributed by atoms with Crippen molar-refractivity contribution in [3.8, 4) is 0 Å². The van der Waals surface area contributed by atoms with Crippen molar-refractivity contribution in [1.29, 1.82) is 0 Å². The van der Waals surface area contributed by atoms with Gasteiger partial charge in [0, 0.05) is 17.2 Å². The Morgan fingerprint density at radius 2 is 1.79 bits per heavy atom. The number of esters is 1. The number of Topliss-reactive ketones (excluding diaryl/α,β-unsaturated/α-hetero) is 1. The quantitative estimate of drug-likeness (QED) is 0.326. The fourth-order valence-electron chi connectivity index (χ4n) is 2.19. The van der Waals surface area contributed by atoms with Crippen molar-refractivity contribution >= 4 is 34.9 Å². The van der Waals surface area contributed by atoms with Gasteiger partial charge in [-0.1, -0.05) is 11.6 Å². The predicted octanol–water partition coefficient (Wildman–Crippen LogP) is 2.93. The second-order valence-corrected chi connectivity index (χ2v) is 6.02. The molecule has 0 saturated carbocycles. The molecular formula is C18H14ClFN2O6. The number of hydrogen-bond acceptors (Lipinski definition) is 6. The summed E-state index contributed by atoms with van der Waals surface area (Å²) in [7, 11) is 0. The molecule has 0 aliphatic heterocycles. The van der Waals surface area contributed by atoms with Crippen LogP contribution in [0.1, 0.15) is 27.6 Å². The number of benzene rings is 2. The molecule has 0 spiro atoms. The zero-order chi connectivity index (χ0) is 20.8. The van der Waals surface area contributed by atoms with Crippen LogP contribution in [0.2, 0.25) is 5.02 Å². The maximum absolute atomic E-state index is 12.9. The summed E-state index contributed by atoms with van der Waals surface area (Å²) in [5.74, 6) is -2.69. The van der Waals surface area contributed by atoms with Gasteiger partial charge < -0.3 is 10.1 Å². The van der Waals surface area contributed by atoms with E-state index < -0.39 is 46.7 Å². The van der Waals surface area contributed by atoms with E-state index in [1.165, 1.54) is 31.2 Å². The second-order valence-electron chi connectivity index (χ2n) is 5.61. The topological polar surface area (TPSA) is 116 Å². The highest BCUT2D eigenvalue weighted by molar-refractivity contribution is 6.32. The van der Waals surface area contributed by atoms with Crippen molar-refractivity contribution in [2.24, 2.45) is 0 Å². The number of ether oxygens (including phenoxy) is 1. The standard InChI is InChI=1S/C18H14ClFN2O6/c1-10(17(24)11-2-5-13(20)6-3-11)28-16(23)9-21-18(25)12-4-7-14(19)15(8-12)22(26)27/h2-8,10H,9H2,1H3,(H,21,25)/t10-/m0/s1. The summed E-state index contributed by atoms with van der Waals surface area (Å²) in [6, 6.07) is 8.16. The van der Waals surface area contributed by atoms with Crippen LogP contribution in [0.4, 0.5) is 10.1 Å². The minimum Gasteiger partial charge on any atom is -0.453 e. The van der Waals surface area contributed by atoms with Crippen LogP contribution >= 0.6 is 11.6 Å². The molecule has 0 saturated heterocycles. The molecule has 0 unspecified atom stereocenters. The smallest absolute Gasteiger partial charge is 0.326 e. The van der Waals surface area contributed by atoms with Gasteiger partial charge in [-0.15, -0.1) is 0 Å². The van der Waals surface area contributed by atoms with Crippen LogP contribution in [0, 0.1) is 15.9 Å². The van der Waals surface area contributed by atoms with E-state index >= 15 is 0 Å². The van der Waals surface area contributed by atoms with Gasteiger partial charge in [0.05, 0.1) is 4.92 Å². The molecule has 2 aromatic rings. The number of carbonyl (C=O) groups excluding carboxylic acids is 3. The van der Waals surface area contributed by atoms with Crippen LogP contribution in [0.25, 0.3) is 0 Å². The third-order valence-corrected chi connectivity index (χ3v) is 3.92. The van der Waals surface area contributed by atoms with Gasteiger partial charge >= 0.3 is 5.97 Å². The van der Waals surface area contributed by atoms with E-state index in [-0.39, 0.29) is 16.1 Å². The van der Waals surface area contributed by atoms with Crippen LogP contribution in [-0.2, 0) is 9.53 Å². The van der Waals surface area contributed by atoms with Crippen LogP contribution in [0.5, 0.6) is 0 Å². The molecule has 1 N–H and O–H groups in total. The fraction of sp³-hybridized carbons (Fsp3) is 0.167. The Morgan fingerprint density at radius 1 is 1.18 bits per heavy atom. The van der Waals surface area contributed by atoms with Crippen LogP contribution in [0.15, 0.2) is 42.5 Å². The van der Waals surface area contributed by atoms with Gasteiger partial charge in [0.15, 0.2) is 6.10 Å². The van der Waals surface area contributed by atoms with E-state index in [4.69, 9.17) is 16.3 Å². The zero-order valence-corrected chi connectivity index (χ0v) is 15.2. The lowest BCUT2D eigenvalue weighted by molar-refractivity contribution is -0.384. The van der Waals surface area contributed by atoms with E-state index in [0.717, 1.165) is 18.2 Å². The average Bonchev–Trinajstić information content (AvgIpc) is 2.66. The van der Waals surface area contributed by atoms with E-state index in [1.54, 1.807) is 0 Å². The summed E-state index contributed by atoms with van der Waals surface area (Å²) in [5, 5.41) is 13.0. The van der Waals surface area contributed by atoms with Crippen LogP contribution in [-0.4, -0.2) is 35.2 Å². The molecule has 0 aromatic heterocycles. The summed E-state index contributed by atoms with van der Waals surface area (Å²) in [6.07, 6.45) is -1.15. The SMILES string of the molecule is C[C@H](OC(=O)CNC(=O)c1ccc(Cl)c([N+](=O)[O-])c1)C(=O)c1ccc(F)cc1. The Bertz CT molecular complexity index is 932. The maximum atomic E-state index is 12.9. The van der Waals surface area contributed by atoms with Crippen molar-refractivity contribution < 1.29 is 28.4 Å². The van der Waals surface area contributed by atoms with Gasteiger partial charge in [-0.05, 0) is 43.3 Å². The monoisotopic (exact) mass is 408 g/mol. The normalized spacial score (nSPS) is 11.4. The van der Waals surface area contributed by atoms with Crippen molar-refractivity contribution in [2.75, 3.05) is 6.54 Å². The molecule has 146 valence electrons. The molecule has 0 radical (unpaired) electrons. The number of nitro benzene ring substituents is 1. The number of hydrogen-bond donors (Lipinski definition) is 1. The van der Waals surface area contributed by atoms with Crippen molar-refractivity contribution in [3.63, 3.8) is 0 Å². The lowest BCUT2D eigenvalue weighted by atomic mass is 10.1. The minimum atomic E-state index is -1.15. The fourth-order valence-corrected chi connectivity index (χ4v) is 2.38. The lowest BCUT2D eigenvalue weighted by Gasteiger charge is -2.13. The second kappa shape index (κ2) is 9.05. The lowest BCUT2D eigenvalue weighted by Crippen LogP contribution is -2.34. The number of nitro groups is 1.